The highest BCUT2D eigenvalue weighted by Crippen LogP contribution is 2.28. The first-order valence-electron chi connectivity index (χ1n) is 6.76. The molecule has 4 heteroatoms. The summed E-state index contributed by atoms with van der Waals surface area (Å²) in [6.07, 6.45) is 6.82. The average molecular weight is 261 g/mol. The van der Waals surface area contributed by atoms with Gasteiger partial charge in [0.05, 0.1) is 5.92 Å². The highest BCUT2D eigenvalue weighted by molar-refractivity contribution is 5.85. The van der Waals surface area contributed by atoms with Gasteiger partial charge in [0, 0.05) is 19.1 Å². The van der Waals surface area contributed by atoms with Crippen molar-refractivity contribution in [3.8, 4) is 0 Å². The first kappa shape index (κ1) is 14.8. The van der Waals surface area contributed by atoms with Crippen LogP contribution in [-0.4, -0.2) is 29.9 Å². The molecule has 1 amide bonds. The highest BCUT2D eigenvalue weighted by Gasteiger charge is 2.34. The van der Waals surface area contributed by atoms with Crippen LogP contribution in [0, 0.1) is 11.8 Å². The largest absolute Gasteiger partial charge is 0.342 e. The van der Waals surface area contributed by atoms with Gasteiger partial charge < -0.3 is 10.6 Å². The molecule has 2 fully saturated rings. The molecule has 3 nitrogen and oxygen atoms in total. The molecule has 0 aromatic heterocycles. The molecule has 2 rings (SSSR count). The van der Waals surface area contributed by atoms with Gasteiger partial charge in [-0.25, -0.2) is 0 Å². The van der Waals surface area contributed by atoms with Crippen molar-refractivity contribution in [2.75, 3.05) is 13.1 Å². The van der Waals surface area contributed by atoms with Gasteiger partial charge in [0.15, 0.2) is 0 Å². The zero-order chi connectivity index (χ0) is 11.5. The third-order valence-corrected chi connectivity index (χ3v) is 4.29. The summed E-state index contributed by atoms with van der Waals surface area (Å²) >= 11 is 0. The minimum Gasteiger partial charge on any atom is -0.342 e. The molecule has 0 bridgehead atoms. The van der Waals surface area contributed by atoms with Gasteiger partial charge in [0.1, 0.15) is 0 Å². The maximum Gasteiger partial charge on any atom is 0.227 e. The van der Waals surface area contributed by atoms with Crippen LogP contribution in [-0.2, 0) is 4.79 Å². The van der Waals surface area contributed by atoms with Gasteiger partial charge in [-0.2, -0.15) is 0 Å². The Kier molecular flexibility index (Phi) is 5.74. The summed E-state index contributed by atoms with van der Waals surface area (Å²) in [6, 6.07) is 0.120. The molecule has 1 aliphatic heterocycles. The van der Waals surface area contributed by atoms with E-state index < -0.39 is 0 Å². The second kappa shape index (κ2) is 6.60. The third-order valence-electron chi connectivity index (χ3n) is 4.29. The van der Waals surface area contributed by atoms with Crippen molar-refractivity contribution in [1.29, 1.82) is 0 Å². The monoisotopic (exact) mass is 260 g/mol. The van der Waals surface area contributed by atoms with E-state index >= 15 is 0 Å². The highest BCUT2D eigenvalue weighted by atomic mass is 35.5. The molecule has 2 N–H and O–H groups in total. The van der Waals surface area contributed by atoms with E-state index in [0.717, 1.165) is 38.3 Å². The van der Waals surface area contributed by atoms with Crippen LogP contribution in [0.5, 0.6) is 0 Å². The van der Waals surface area contributed by atoms with Crippen molar-refractivity contribution in [3.05, 3.63) is 0 Å². The maximum atomic E-state index is 12.3. The fourth-order valence-corrected chi connectivity index (χ4v) is 3.13. The molecule has 0 spiro atoms. The van der Waals surface area contributed by atoms with E-state index in [-0.39, 0.29) is 24.4 Å². The number of hydrogen-bond acceptors (Lipinski definition) is 2. The lowest BCUT2D eigenvalue weighted by atomic mass is 9.93. The standard InChI is InChI=1S/C13H24N2O.ClH/c1-2-10-5-4-8-15(9-10)13(16)11-6-3-7-12(11)14;/h10-12H,2-9,14H2,1H3;1H. The summed E-state index contributed by atoms with van der Waals surface area (Å²) in [7, 11) is 0. The molecule has 3 unspecified atom stereocenters. The predicted octanol–water partition coefficient (Wildman–Crippen LogP) is 2.18. The Balaban J connectivity index is 0.00000144. The smallest absolute Gasteiger partial charge is 0.227 e. The fourth-order valence-electron chi connectivity index (χ4n) is 3.13. The molecule has 0 aromatic carbocycles. The molecule has 0 radical (unpaired) electrons. The summed E-state index contributed by atoms with van der Waals surface area (Å²) in [5.74, 6) is 1.18. The molecule has 17 heavy (non-hydrogen) atoms. The molecular weight excluding hydrogens is 236 g/mol. The Labute approximate surface area is 111 Å². The molecule has 100 valence electrons. The Morgan fingerprint density at radius 3 is 2.65 bits per heavy atom. The van der Waals surface area contributed by atoms with E-state index in [1.54, 1.807) is 0 Å². The number of hydrogen-bond donors (Lipinski definition) is 1. The van der Waals surface area contributed by atoms with Gasteiger partial charge >= 0.3 is 0 Å². The predicted molar refractivity (Wildman–Crippen MR) is 72.2 cm³/mol. The fraction of sp³-hybridized carbons (Fsp3) is 0.923. The summed E-state index contributed by atoms with van der Waals surface area (Å²) in [5.41, 5.74) is 6.01. The van der Waals surface area contributed by atoms with Gasteiger partial charge in [-0.05, 0) is 31.6 Å². The van der Waals surface area contributed by atoms with E-state index in [0.29, 0.717) is 5.91 Å². The number of likely N-dealkylation sites (tertiary alicyclic amines) is 1. The number of rotatable bonds is 2. The van der Waals surface area contributed by atoms with Crippen LogP contribution < -0.4 is 5.73 Å². The third kappa shape index (κ3) is 3.35. The number of carbonyl (C=O) groups excluding carboxylic acids is 1. The van der Waals surface area contributed by atoms with Crippen molar-refractivity contribution >= 4 is 18.3 Å². The number of halogens is 1. The van der Waals surface area contributed by atoms with Crippen molar-refractivity contribution < 1.29 is 4.79 Å². The summed E-state index contributed by atoms with van der Waals surface area (Å²) in [5, 5.41) is 0. The van der Waals surface area contributed by atoms with Crippen LogP contribution in [0.25, 0.3) is 0 Å². The van der Waals surface area contributed by atoms with Gasteiger partial charge in [-0.1, -0.05) is 19.8 Å². The normalized spacial score (nSPS) is 33.3. The Morgan fingerprint density at radius 2 is 2.06 bits per heavy atom. The van der Waals surface area contributed by atoms with Gasteiger partial charge in [-0.3, -0.25) is 4.79 Å². The van der Waals surface area contributed by atoms with Crippen molar-refractivity contribution in [2.45, 2.75) is 51.5 Å². The van der Waals surface area contributed by atoms with Gasteiger partial charge in [0.2, 0.25) is 5.91 Å². The number of carbonyl (C=O) groups is 1. The molecule has 1 saturated heterocycles. The Morgan fingerprint density at radius 1 is 1.29 bits per heavy atom. The number of amides is 1. The van der Waals surface area contributed by atoms with Crippen molar-refractivity contribution in [1.82, 2.24) is 4.90 Å². The molecule has 1 aliphatic carbocycles. The van der Waals surface area contributed by atoms with Crippen LogP contribution in [0.3, 0.4) is 0 Å². The van der Waals surface area contributed by atoms with E-state index in [9.17, 15) is 4.79 Å². The molecule has 2 aliphatic rings. The van der Waals surface area contributed by atoms with E-state index in [4.69, 9.17) is 5.73 Å². The van der Waals surface area contributed by atoms with E-state index in [1.165, 1.54) is 19.3 Å². The van der Waals surface area contributed by atoms with Crippen LogP contribution >= 0.6 is 12.4 Å². The molecule has 1 heterocycles. The average Bonchev–Trinajstić information content (AvgIpc) is 2.74. The minimum absolute atomic E-state index is 0. The quantitative estimate of drug-likeness (QED) is 0.827. The van der Waals surface area contributed by atoms with Crippen LogP contribution in [0.4, 0.5) is 0 Å². The SMILES string of the molecule is CCC1CCCN(C(=O)C2CCCC2N)C1.Cl. The summed E-state index contributed by atoms with van der Waals surface area (Å²) in [6.45, 7) is 4.15. The summed E-state index contributed by atoms with van der Waals surface area (Å²) < 4.78 is 0. The lowest BCUT2D eigenvalue weighted by Gasteiger charge is -2.34. The second-order valence-electron chi connectivity index (χ2n) is 5.40. The lowest BCUT2D eigenvalue weighted by molar-refractivity contribution is -0.137. The summed E-state index contributed by atoms with van der Waals surface area (Å²) in [4.78, 5) is 14.4. The first-order valence-corrected chi connectivity index (χ1v) is 6.76. The topological polar surface area (TPSA) is 46.3 Å². The first-order chi connectivity index (χ1) is 7.72. The van der Waals surface area contributed by atoms with Crippen molar-refractivity contribution in [2.24, 2.45) is 17.6 Å². The Hall–Kier alpha value is -0.280. The maximum absolute atomic E-state index is 12.3. The molecule has 0 aromatic rings. The van der Waals surface area contributed by atoms with E-state index in [1.807, 2.05) is 0 Å². The van der Waals surface area contributed by atoms with Crippen molar-refractivity contribution in [3.63, 3.8) is 0 Å². The van der Waals surface area contributed by atoms with E-state index in [2.05, 4.69) is 11.8 Å². The number of piperidine rings is 1. The number of nitrogens with two attached hydrogens (primary N) is 1. The Bertz CT molecular complexity index is 260. The zero-order valence-corrected chi connectivity index (χ0v) is 11.5. The minimum atomic E-state index is 0. The zero-order valence-electron chi connectivity index (χ0n) is 10.7. The number of nitrogens with zero attached hydrogens (tertiary/aromatic N) is 1. The lowest BCUT2D eigenvalue weighted by Crippen LogP contribution is -2.46. The molecule has 3 atom stereocenters. The molecular formula is C13H25ClN2O. The van der Waals surface area contributed by atoms with Gasteiger partial charge in [-0.15, -0.1) is 12.4 Å². The second-order valence-corrected chi connectivity index (χ2v) is 5.40. The van der Waals surface area contributed by atoms with Crippen LogP contribution in [0.15, 0.2) is 0 Å². The van der Waals surface area contributed by atoms with Crippen LogP contribution in [0.1, 0.15) is 45.4 Å². The van der Waals surface area contributed by atoms with Crippen LogP contribution in [0.2, 0.25) is 0 Å². The molecule has 1 saturated carbocycles. The van der Waals surface area contributed by atoms with Gasteiger partial charge in [0.25, 0.3) is 0 Å².